The minimum atomic E-state index is -0.254. The first-order valence-corrected chi connectivity index (χ1v) is 20.0. The smallest absolute Gasteiger partial charge is 0.238 e. The van der Waals surface area contributed by atoms with Crippen molar-refractivity contribution in [3.8, 4) is 45.5 Å². The van der Waals surface area contributed by atoms with E-state index < -0.39 is 0 Å². The predicted octanol–water partition coefficient (Wildman–Crippen LogP) is 13.6. The molecule has 58 heavy (non-hydrogen) atoms. The lowest BCUT2D eigenvalue weighted by Crippen LogP contribution is -2.06. The fourth-order valence-electron chi connectivity index (χ4n) is 8.57. The molecule has 0 aliphatic rings. The number of thiophene rings is 1. The molecule has 5 nitrogen and oxygen atoms in total. The predicted molar refractivity (Wildman–Crippen MR) is 238 cm³/mol. The van der Waals surface area contributed by atoms with Gasteiger partial charge >= 0.3 is 0 Å². The Kier molecular flexibility index (Phi) is 7.21. The van der Waals surface area contributed by atoms with E-state index in [2.05, 4.69) is 143 Å². The second kappa shape index (κ2) is 12.8. The summed E-state index contributed by atoms with van der Waals surface area (Å²) in [6.45, 7) is 0. The minimum Gasteiger partial charge on any atom is -0.309 e. The van der Waals surface area contributed by atoms with E-state index in [0.717, 1.165) is 75.4 Å². The molecule has 0 unspecified atom stereocenters. The number of para-hydroxylation sites is 3. The molecule has 8 aromatic carbocycles. The van der Waals surface area contributed by atoms with Crippen molar-refractivity contribution in [2.75, 3.05) is 0 Å². The Labute approximate surface area is 335 Å². The zero-order valence-corrected chi connectivity index (χ0v) is 31.7. The molecule has 0 fully saturated rings. The van der Waals surface area contributed by atoms with Gasteiger partial charge in [-0.25, -0.2) is 9.37 Å². The van der Waals surface area contributed by atoms with E-state index >= 15 is 0 Å². The lowest BCUT2D eigenvalue weighted by atomic mass is 10.0. The Hall–Kier alpha value is -7.48. The van der Waals surface area contributed by atoms with Gasteiger partial charge in [0.2, 0.25) is 5.95 Å². The maximum Gasteiger partial charge on any atom is 0.238 e. The number of fused-ring (bicyclic) bond motifs is 9. The lowest BCUT2D eigenvalue weighted by molar-refractivity contribution is 0.630. The fourth-order valence-corrected chi connectivity index (χ4v) is 9.64. The highest BCUT2D eigenvalue weighted by atomic mass is 32.1. The number of hydrogen-bond donors (Lipinski definition) is 0. The summed E-state index contributed by atoms with van der Waals surface area (Å²) in [5, 5.41) is 6.50. The average Bonchev–Trinajstić information content (AvgIpc) is 3.93. The Morgan fingerprint density at radius 2 is 0.914 bits per heavy atom. The van der Waals surface area contributed by atoms with Crippen molar-refractivity contribution in [2.45, 2.75) is 0 Å². The molecule has 0 amide bonds. The molecule has 0 spiro atoms. The normalized spacial score (nSPS) is 11.9. The van der Waals surface area contributed by atoms with Crippen LogP contribution in [0, 0.1) is 5.82 Å². The Morgan fingerprint density at radius 3 is 1.71 bits per heavy atom. The van der Waals surface area contributed by atoms with Crippen LogP contribution in [0.5, 0.6) is 0 Å². The first-order valence-electron chi connectivity index (χ1n) is 19.2. The van der Waals surface area contributed by atoms with Crippen molar-refractivity contribution < 1.29 is 4.39 Å². The first kappa shape index (κ1) is 32.7. The summed E-state index contributed by atoms with van der Waals surface area (Å²) >= 11 is 1.65. The van der Waals surface area contributed by atoms with Crippen LogP contribution >= 0.6 is 11.3 Å². The molecule has 4 aromatic heterocycles. The van der Waals surface area contributed by atoms with E-state index in [1.54, 1.807) is 17.4 Å². The first-order chi connectivity index (χ1) is 28.6. The van der Waals surface area contributed by atoms with Gasteiger partial charge in [-0.05, 0) is 90.0 Å². The summed E-state index contributed by atoms with van der Waals surface area (Å²) in [5.74, 6) is 1.39. The maximum atomic E-state index is 14.5. The maximum absolute atomic E-state index is 14.5. The van der Waals surface area contributed by atoms with Gasteiger partial charge in [0.15, 0.2) is 11.6 Å². The molecule has 7 heteroatoms. The summed E-state index contributed by atoms with van der Waals surface area (Å²) in [5.41, 5.74) is 9.41. The van der Waals surface area contributed by atoms with Crippen molar-refractivity contribution in [1.82, 2.24) is 24.1 Å². The molecule has 0 bridgehead atoms. The summed E-state index contributed by atoms with van der Waals surface area (Å²) in [6.07, 6.45) is 0. The Morgan fingerprint density at radius 1 is 0.362 bits per heavy atom. The van der Waals surface area contributed by atoms with Gasteiger partial charge in [0.25, 0.3) is 0 Å². The van der Waals surface area contributed by atoms with Crippen molar-refractivity contribution in [1.29, 1.82) is 0 Å². The van der Waals surface area contributed by atoms with Gasteiger partial charge in [-0.3, -0.25) is 4.57 Å². The van der Waals surface area contributed by atoms with E-state index in [1.165, 1.54) is 22.4 Å². The molecule has 0 aliphatic carbocycles. The highest BCUT2D eigenvalue weighted by Gasteiger charge is 2.20. The molecule has 0 atom stereocenters. The van der Waals surface area contributed by atoms with Crippen LogP contribution in [0.1, 0.15) is 0 Å². The van der Waals surface area contributed by atoms with Crippen LogP contribution in [0.15, 0.2) is 182 Å². The number of benzene rings is 8. The number of hydrogen-bond acceptors (Lipinski definition) is 4. The second-order valence-electron chi connectivity index (χ2n) is 14.6. The van der Waals surface area contributed by atoms with Crippen molar-refractivity contribution >= 4 is 75.1 Å². The molecular weight excluding hydrogens is 734 g/mol. The van der Waals surface area contributed by atoms with Gasteiger partial charge in [-0.1, -0.05) is 103 Å². The van der Waals surface area contributed by atoms with Crippen LogP contribution in [0.4, 0.5) is 4.39 Å². The van der Waals surface area contributed by atoms with E-state index in [4.69, 9.17) is 15.0 Å². The minimum absolute atomic E-state index is 0.254. The van der Waals surface area contributed by atoms with E-state index in [-0.39, 0.29) is 5.82 Å². The van der Waals surface area contributed by atoms with Gasteiger partial charge in [-0.2, -0.15) is 9.97 Å². The molecule has 0 saturated heterocycles. The molecule has 0 saturated carbocycles. The average molecular weight is 764 g/mol. The number of rotatable bonds is 5. The van der Waals surface area contributed by atoms with Gasteiger partial charge in [-0.15, -0.1) is 11.3 Å². The monoisotopic (exact) mass is 763 g/mol. The van der Waals surface area contributed by atoms with Crippen LogP contribution in [-0.4, -0.2) is 24.1 Å². The van der Waals surface area contributed by atoms with Crippen LogP contribution in [0.25, 0.3) is 109 Å². The van der Waals surface area contributed by atoms with Crippen LogP contribution < -0.4 is 0 Å². The molecule has 272 valence electrons. The van der Waals surface area contributed by atoms with Crippen molar-refractivity contribution in [2.24, 2.45) is 0 Å². The van der Waals surface area contributed by atoms with Gasteiger partial charge in [0.05, 0.1) is 22.1 Å². The quantitative estimate of drug-likeness (QED) is 0.175. The van der Waals surface area contributed by atoms with E-state index in [0.29, 0.717) is 17.6 Å². The van der Waals surface area contributed by atoms with E-state index in [9.17, 15) is 4.39 Å². The summed E-state index contributed by atoms with van der Waals surface area (Å²) in [4.78, 5) is 15.5. The zero-order valence-electron chi connectivity index (χ0n) is 30.8. The van der Waals surface area contributed by atoms with E-state index in [1.807, 2.05) is 36.4 Å². The highest BCUT2D eigenvalue weighted by molar-refractivity contribution is 7.25. The number of aromatic nitrogens is 5. The molecular formula is C51H30FN5S. The van der Waals surface area contributed by atoms with Gasteiger partial charge < -0.3 is 4.57 Å². The topological polar surface area (TPSA) is 48.5 Å². The van der Waals surface area contributed by atoms with Crippen LogP contribution in [-0.2, 0) is 0 Å². The number of halogens is 1. The summed E-state index contributed by atoms with van der Waals surface area (Å²) in [6, 6.07) is 62.3. The largest absolute Gasteiger partial charge is 0.309 e. The highest BCUT2D eigenvalue weighted by Crippen LogP contribution is 2.40. The third-order valence-corrected chi connectivity index (χ3v) is 12.4. The molecule has 0 N–H and O–H groups in total. The van der Waals surface area contributed by atoms with Crippen LogP contribution in [0.2, 0.25) is 0 Å². The Bertz CT molecular complexity index is 3590. The zero-order chi connectivity index (χ0) is 38.3. The van der Waals surface area contributed by atoms with Crippen molar-refractivity contribution in [3.63, 3.8) is 0 Å². The standard InChI is InChI=1S/C51H30FN5S/c52-35-22-26-48-42(30-35)41-28-34(21-25-47(41)58-48)50-53-49(31-11-3-1-4-12-31)54-51(55-50)57-44-18-10-7-15-37(44)39-23-19-33(29-46(39)57)32-20-24-45-40(27-32)38-16-8-9-17-43(38)56(45)36-13-5-2-6-14-36/h1-30H. The number of nitrogens with zero attached hydrogens (tertiary/aromatic N) is 5. The molecule has 0 aliphatic heterocycles. The molecule has 0 radical (unpaired) electrons. The van der Waals surface area contributed by atoms with Gasteiger partial charge in [0.1, 0.15) is 5.82 Å². The molecule has 12 aromatic rings. The Balaban J connectivity index is 1.08. The SMILES string of the molecule is Fc1ccc2sc3ccc(-c4nc(-c5ccccc5)nc(-n5c6ccccc6c6ccc(-c7ccc8c(c7)c7ccccc7n8-c7ccccc7)cc65)n4)cc3c2c1. The third kappa shape index (κ3) is 5.10. The van der Waals surface area contributed by atoms with Crippen molar-refractivity contribution in [3.05, 3.63) is 188 Å². The second-order valence-corrected chi connectivity index (χ2v) is 15.7. The third-order valence-electron chi connectivity index (χ3n) is 11.2. The summed E-state index contributed by atoms with van der Waals surface area (Å²) < 4.78 is 21.1. The van der Waals surface area contributed by atoms with Crippen LogP contribution in [0.3, 0.4) is 0 Å². The molecule has 12 rings (SSSR count). The van der Waals surface area contributed by atoms with Gasteiger partial charge in [0, 0.05) is 58.5 Å². The lowest BCUT2D eigenvalue weighted by Gasteiger charge is -2.12. The molecule has 4 heterocycles. The summed E-state index contributed by atoms with van der Waals surface area (Å²) in [7, 11) is 0. The fraction of sp³-hybridized carbons (Fsp3) is 0.